The normalized spacial score (nSPS) is 12.5. The summed E-state index contributed by atoms with van der Waals surface area (Å²) in [6.45, 7) is 2.77. The van der Waals surface area contributed by atoms with Gasteiger partial charge in [-0.1, -0.05) is 31.9 Å². The lowest BCUT2D eigenvalue weighted by Crippen LogP contribution is -2.18. The van der Waals surface area contributed by atoms with Crippen LogP contribution in [0.2, 0.25) is 0 Å². The van der Waals surface area contributed by atoms with Gasteiger partial charge >= 0.3 is 0 Å². The topological polar surface area (TPSA) is 53.1 Å². The lowest BCUT2D eigenvalue weighted by molar-refractivity contribution is 0.404. The molecule has 1 aromatic carbocycles. The van der Waals surface area contributed by atoms with E-state index in [4.69, 9.17) is 10.5 Å². The van der Waals surface area contributed by atoms with Crippen molar-refractivity contribution in [3.63, 3.8) is 0 Å². The van der Waals surface area contributed by atoms with E-state index in [2.05, 4.69) is 37.0 Å². The second-order valence-corrected chi connectivity index (χ2v) is 5.83. The number of nitrogens with two attached hydrogens (primary N) is 1. The predicted octanol–water partition coefficient (Wildman–Crippen LogP) is 3.48. The third-order valence-electron chi connectivity index (χ3n) is 2.95. The molecule has 0 fully saturated rings. The van der Waals surface area contributed by atoms with Gasteiger partial charge in [-0.05, 0) is 30.7 Å². The first kappa shape index (κ1) is 14.6. The molecule has 0 saturated carbocycles. The number of aromatic nitrogens is 2. The molecule has 1 atom stereocenters. The van der Waals surface area contributed by atoms with Crippen LogP contribution >= 0.6 is 31.9 Å². The number of halogens is 2. The average Bonchev–Trinajstić information content (AvgIpc) is 2.83. The molecule has 0 aliphatic carbocycles. The molecule has 0 aliphatic rings. The van der Waals surface area contributed by atoms with E-state index in [9.17, 15) is 0 Å². The maximum atomic E-state index is 6.39. The Balaban J connectivity index is 2.51. The Morgan fingerprint density at radius 1 is 1.42 bits per heavy atom. The summed E-state index contributed by atoms with van der Waals surface area (Å²) >= 11 is 7.01. The zero-order valence-corrected chi connectivity index (χ0v) is 13.9. The van der Waals surface area contributed by atoms with E-state index >= 15 is 0 Å². The van der Waals surface area contributed by atoms with E-state index in [1.807, 2.05) is 29.8 Å². The third-order valence-corrected chi connectivity index (χ3v) is 4.17. The molecule has 1 heterocycles. The van der Waals surface area contributed by atoms with E-state index in [0.29, 0.717) is 5.75 Å². The van der Waals surface area contributed by atoms with Gasteiger partial charge in [0.15, 0.2) is 5.75 Å². The number of rotatable bonds is 4. The molecular formula is C13H15Br2N3O. The molecule has 1 unspecified atom stereocenters. The molecule has 6 heteroatoms. The molecule has 2 N–H and O–H groups in total. The molecule has 19 heavy (non-hydrogen) atoms. The quantitative estimate of drug-likeness (QED) is 0.872. The molecule has 2 rings (SSSR count). The summed E-state index contributed by atoms with van der Waals surface area (Å²) in [7, 11) is 1.63. The molecule has 0 radical (unpaired) electrons. The van der Waals surface area contributed by atoms with Gasteiger partial charge in [0, 0.05) is 15.5 Å². The van der Waals surface area contributed by atoms with Gasteiger partial charge in [0.25, 0.3) is 0 Å². The van der Waals surface area contributed by atoms with Crippen LogP contribution in [0.1, 0.15) is 24.2 Å². The number of nitrogens with zero attached hydrogens (tertiary/aromatic N) is 2. The monoisotopic (exact) mass is 387 g/mol. The van der Waals surface area contributed by atoms with Crippen molar-refractivity contribution in [3.05, 3.63) is 44.6 Å². The number of hydrogen-bond acceptors (Lipinski definition) is 3. The van der Waals surface area contributed by atoms with Crippen LogP contribution in [-0.4, -0.2) is 16.9 Å². The van der Waals surface area contributed by atoms with Gasteiger partial charge in [0.05, 0.1) is 19.3 Å². The highest BCUT2D eigenvalue weighted by Gasteiger charge is 2.21. The summed E-state index contributed by atoms with van der Waals surface area (Å²) < 4.78 is 9.16. The van der Waals surface area contributed by atoms with Crippen LogP contribution in [0.4, 0.5) is 0 Å². The summed E-state index contributed by atoms with van der Waals surface area (Å²) in [6, 6.07) is 5.64. The smallest absolute Gasteiger partial charge is 0.161 e. The maximum absolute atomic E-state index is 6.39. The van der Waals surface area contributed by atoms with Crippen molar-refractivity contribution in [2.24, 2.45) is 5.73 Å². The molecular weight excluding hydrogens is 374 g/mol. The van der Waals surface area contributed by atoms with Crippen molar-refractivity contribution in [1.82, 2.24) is 9.78 Å². The van der Waals surface area contributed by atoms with Crippen molar-refractivity contribution in [2.45, 2.75) is 19.5 Å². The van der Waals surface area contributed by atoms with Crippen LogP contribution in [0.5, 0.6) is 5.75 Å². The summed E-state index contributed by atoms with van der Waals surface area (Å²) in [5, 5.41) is 4.29. The van der Waals surface area contributed by atoms with Gasteiger partial charge < -0.3 is 10.5 Å². The Bertz CT molecular complexity index is 562. The van der Waals surface area contributed by atoms with Crippen LogP contribution in [0.15, 0.2) is 33.3 Å². The second kappa shape index (κ2) is 6.07. The standard InChI is InChI=1S/C13H15Br2N3O/c1-3-18-13(11(19-2)7-17-18)12(16)9-6-8(14)4-5-10(9)15/h4-7,12H,3,16H2,1-2H3. The fraction of sp³-hybridized carbons (Fsp3) is 0.308. The molecule has 0 spiro atoms. The highest BCUT2D eigenvalue weighted by atomic mass is 79.9. The van der Waals surface area contributed by atoms with Crippen LogP contribution < -0.4 is 10.5 Å². The molecule has 0 aliphatic heterocycles. The SMILES string of the molecule is CCn1ncc(OC)c1C(N)c1cc(Br)ccc1Br. The number of ether oxygens (including phenoxy) is 1. The van der Waals surface area contributed by atoms with Crippen molar-refractivity contribution < 1.29 is 4.74 Å². The van der Waals surface area contributed by atoms with Crippen LogP contribution in [-0.2, 0) is 6.54 Å². The lowest BCUT2D eigenvalue weighted by Gasteiger charge is -2.17. The zero-order chi connectivity index (χ0) is 14.0. The first-order valence-corrected chi connectivity index (χ1v) is 7.47. The summed E-state index contributed by atoms with van der Waals surface area (Å²) in [5.41, 5.74) is 8.26. The fourth-order valence-corrected chi connectivity index (χ4v) is 2.87. The molecule has 0 amide bonds. The minimum absolute atomic E-state index is 0.302. The Hall–Kier alpha value is -0.850. The van der Waals surface area contributed by atoms with Gasteiger partial charge in [-0.25, -0.2) is 0 Å². The van der Waals surface area contributed by atoms with E-state index < -0.39 is 0 Å². The summed E-state index contributed by atoms with van der Waals surface area (Å²) in [6.07, 6.45) is 1.70. The van der Waals surface area contributed by atoms with Gasteiger partial charge in [-0.2, -0.15) is 5.10 Å². The van der Waals surface area contributed by atoms with Crippen LogP contribution in [0, 0.1) is 0 Å². The van der Waals surface area contributed by atoms with E-state index in [1.165, 1.54) is 0 Å². The molecule has 1 aromatic heterocycles. The molecule has 2 aromatic rings. The lowest BCUT2D eigenvalue weighted by atomic mass is 10.0. The fourth-order valence-electron chi connectivity index (χ4n) is 2.00. The highest BCUT2D eigenvalue weighted by molar-refractivity contribution is 9.11. The first-order chi connectivity index (χ1) is 9.08. The van der Waals surface area contributed by atoms with Crippen molar-refractivity contribution >= 4 is 31.9 Å². The van der Waals surface area contributed by atoms with Crippen molar-refractivity contribution in [3.8, 4) is 5.75 Å². The van der Waals surface area contributed by atoms with Gasteiger partial charge in [0.2, 0.25) is 0 Å². The van der Waals surface area contributed by atoms with E-state index in [0.717, 1.165) is 26.7 Å². The largest absolute Gasteiger partial charge is 0.493 e. The van der Waals surface area contributed by atoms with Gasteiger partial charge in [-0.3, -0.25) is 4.68 Å². The second-order valence-electron chi connectivity index (χ2n) is 4.06. The Morgan fingerprint density at radius 3 is 2.79 bits per heavy atom. The van der Waals surface area contributed by atoms with E-state index in [1.54, 1.807) is 13.3 Å². The summed E-state index contributed by atoms with van der Waals surface area (Å²) in [5.74, 6) is 0.709. The minimum Gasteiger partial charge on any atom is -0.493 e. The molecule has 102 valence electrons. The summed E-state index contributed by atoms with van der Waals surface area (Å²) in [4.78, 5) is 0. The number of benzene rings is 1. The minimum atomic E-state index is -0.302. The van der Waals surface area contributed by atoms with E-state index in [-0.39, 0.29) is 6.04 Å². The number of methoxy groups -OCH3 is 1. The third kappa shape index (κ3) is 2.85. The first-order valence-electron chi connectivity index (χ1n) is 5.88. The molecule has 0 bridgehead atoms. The average molecular weight is 389 g/mol. The van der Waals surface area contributed by atoms with Crippen LogP contribution in [0.25, 0.3) is 0 Å². The zero-order valence-electron chi connectivity index (χ0n) is 10.7. The Kier molecular flexibility index (Phi) is 4.65. The number of hydrogen-bond donors (Lipinski definition) is 1. The highest BCUT2D eigenvalue weighted by Crippen LogP contribution is 2.33. The van der Waals surface area contributed by atoms with Crippen LogP contribution in [0.3, 0.4) is 0 Å². The predicted molar refractivity (Wildman–Crippen MR) is 82.3 cm³/mol. The molecule has 4 nitrogen and oxygen atoms in total. The Labute approximate surface area is 129 Å². The van der Waals surface area contributed by atoms with Gasteiger partial charge in [-0.15, -0.1) is 0 Å². The van der Waals surface area contributed by atoms with Gasteiger partial charge in [0.1, 0.15) is 5.69 Å². The van der Waals surface area contributed by atoms with Crippen molar-refractivity contribution in [1.29, 1.82) is 0 Å². The number of aryl methyl sites for hydroxylation is 1. The molecule has 0 saturated heterocycles. The van der Waals surface area contributed by atoms with Crippen molar-refractivity contribution in [2.75, 3.05) is 7.11 Å². The Morgan fingerprint density at radius 2 is 2.16 bits per heavy atom. The maximum Gasteiger partial charge on any atom is 0.161 e.